The molecule has 1 unspecified atom stereocenters. The fourth-order valence-corrected chi connectivity index (χ4v) is 1.43. The van der Waals surface area contributed by atoms with Gasteiger partial charge in [0.2, 0.25) is 0 Å². The van der Waals surface area contributed by atoms with Gasteiger partial charge >= 0.3 is 6.43 Å². The molecule has 0 aliphatic rings. The average Bonchev–Trinajstić information content (AvgIpc) is 2.08. The molecule has 4 heteroatoms. The molecule has 0 N–H and O–H groups in total. The van der Waals surface area contributed by atoms with E-state index >= 15 is 0 Å². The Bertz CT molecular complexity index is 115. The van der Waals surface area contributed by atoms with Crippen molar-refractivity contribution in [2.24, 2.45) is 0 Å². The van der Waals surface area contributed by atoms with Crippen molar-refractivity contribution in [3.8, 4) is 0 Å². The van der Waals surface area contributed by atoms with E-state index in [-0.39, 0.29) is 4.48 Å². The molecule has 0 rings (SSSR count). The van der Waals surface area contributed by atoms with Gasteiger partial charge in [-0.3, -0.25) is 4.48 Å². The summed E-state index contributed by atoms with van der Waals surface area (Å²) in [5, 5.41) is 0. The number of alkyl halides is 3. The average molecular weight is 184 g/mol. The Morgan fingerprint density at radius 2 is 1.25 bits per heavy atom. The van der Waals surface area contributed by atoms with Crippen LogP contribution in [-0.4, -0.2) is 36.8 Å². The second-order valence-electron chi connectivity index (χ2n) is 2.87. The predicted molar refractivity (Wildman–Crippen MR) is 42.8 cm³/mol. The lowest BCUT2D eigenvalue weighted by Crippen LogP contribution is -2.56. The Kier molecular flexibility index (Phi) is 4.60. The fraction of sp³-hybridized carbons (Fsp3) is 1.00. The van der Waals surface area contributed by atoms with Crippen molar-refractivity contribution in [3.05, 3.63) is 0 Å². The van der Waals surface area contributed by atoms with E-state index in [0.717, 1.165) is 0 Å². The van der Waals surface area contributed by atoms with Gasteiger partial charge in [0, 0.05) is 0 Å². The van der Waals surface area contributed by atoms with Crippen LogP contribution in [0.1, 0.15) is 20.8 Å². The number of rotatable bonds is 5. The van der Waals surface area contributed by atoms with Crippen LogP contribution in [0.4, 0.5) is 13.2 Å². The van der Waals surface area contributed by atoms with Crippen LogP contribution in [0.25, 0.3) is 0 Å². The summed E-state index contributed by atoms with van der Waals surface area (Å²) in [6.45, 7) is 6.46. The number of hydrogen-bond acceptors (Lipinski definition) is 0. The minimum atomic E-state index is -2.87. The molecule has 0 heterocycles. The van der Waals surface area contributed by atoms with Gasteiger partial charge in [0.25, 0.3) is 6.30 Å². The van der Waals surface area contributed by atoms with Crippen LogP contribution in [0.5, 0.6) is 0 Å². The molecule has 0 aromatic heterocycles. The highest BCUT2D eigenvalue weighted by Gasteiger charge is 2.39. The summed E-state index contributed by atoms with van der Waals surface area (Å²) in [6, 6.07) is 0. The molecule has 0 aliphatic heterocycles. The maximum Gasteiger partial charge on any atom is 0.319 e. The molecule has 0 amide bonds. The topological polar surface area (TPSA) is 0 Å². The zero-order valence-corrected chi connectivity index (χ0v) is 7.86. The van der Waals surface area contributed by atoms with Crippen LogP contribution < -0.4 is 0 Å². The first-order valence-electron chi connectivity index (χ1n) is 4.32. The summed E-state index contributed by atoms with van der Waals surface area (Å²) in [5.41, 5.74) is 0. The molecule has 0 fully saturated rings. The molecule has 0 aliphatic carbocycles. The van der Waals surface area contributed by atoms with Crippen molar-refractivity contribution < 1.29 is 17.7 Å². The van der Waals surface area contributed by atoms with Crippen LogP contribution >= 0.6 is 0 Å². The quantitative estimate of drug-likeness (QED) is 0.454. The molecule has 1 atom stereocenters. The molecule has 0 saturated heterocycles. The second-order valence-corrected chi connectivity index (χ2v) is 2.87. The van der Waals surface area contributed by atoms with E-state index in [1.54, 1.807) is 20.8 Å². The van der Waals surface area contributed by atoms with Gasteiger partial charge in [-0.25, -0.2) is 8.78 Å². The van der Waals surface area contributed by atoms with Crippen molar-refractivity contribution >= 4 is 0 Å². The monoisotopic (exact) mass is 184 g/mol. The van der Waals surface area contributed by atoms with Gasteiger partial charge in [0.15, 0.2) is 0 Å². The van der Waals surface area contributed by atoms with E-state index in [1.807, 2.05) is 0 Å². The van der Waals surface area contributed by atoms with Crippen LogP contribution in [-0.2, 0) is 0 Å². The minimum absolute atomic E-state index is 0.141. The van der Waals surface area contributed by atoms with Crippen molar-refractivity contribution in [1.29, 1.82) is 0 Å². The lowest BCUT2D eigenvalue weighted by Gasteiger charge is -2.37. The Hall–Kier alpha value is -0.250. The standard InChI is InChI=1S/C8H17F3N/c1-4-12(5-2,6-3)8(11)7(9)10/h7-8H,4-6H2,1-3H3/q+1. The fourth-order valence-electron chi connectivity index (χ4n) is 1.43. The molecule has 0 aromatic rings. The third-order valence-corrected chi connectivity index (χ3v) is 2.62. The van der Waals surface area contributed by atoms with Gasteiger partial charge in [0.05, 0.1) is 19.6 Å². The second kappa shape index (κ2) is 4.70. The molecule has 0 saturated carbocycles. The number of nitrogens with zero attached hydrogens (tertiary/aromatic N) is 1. The summed E-state index contributed by atoms with van der Waals surface area (Å²) in [5.74, 6) is 0. The number of halogens is 3. The van der Waals surface area contributed by atoms with Crippen molar-refractivity contribution in [3.63, 3.8) is 0 Å². The molecule has 0 bridgehead atoms. The van der Waals surface area contributed by atoms with Crippen molar-refractivity contribution in [2.45, 2.75) is 33.5 Å². The Morgan fingerprint density at radius 3 is 1.33 bits per heavy atom. The smallest absolute Gasteiger partial charge is 0.290 e. The van der Waals surface area contributed by atoms with E-state index in [2.05, 4.69) is 0 Å². The molecule has 0 radical (unpaired) electrons. The van der Waals surface area contributed by atoms with E-state index in [0.29, 0.717) is 19.6 Å². The summed E-state index contributed by atoms with van der Waals surface area (Å²) in [4.78, 5) is 0. The molecule has 1 nitrogen and oxygen atoms in total. The summed E-state index contributed by atoms with van der Waals surface area (Å²) in [7, 11) is 0. The third kappa shape index (κ3) is 2.12. The van der Waals surface area contributed by atoms with Gasteiger partial charge < -0.3 is 0 Å². The Labute approximate surface area is 71.8 Å². The van der Waals surface area contributed by atoms with Gasteiger partial charge in [-0.05, 0) is 20.8 Å². The van der Waals surface area contributed by atoms with Gasteiger partial charge in [-0.15, -0.1) is 0 Å². The number of hydrogen-bond donors (Lipinski definition) is 0. The lowest BCUT2D eigenvalue weighted by molar-refractivity contribution is -0.964. The van der Waals surface area contributed by atoms with Crippen LogP contribution in [0, 0.1) is 0 Å². The first kappa shape index (κ1) is 11.8. The molecule has 74 valence electrons. The van der Waals surface area contributed by atoms with Gasteiger partial charge in [-0.1, -0.05) is 0 Å². The van der Waals surface area contributed by atoms with Crippen molar-refractivity contribution in [1.82, 2.24) is 0 Å². The van der Waals surface area contributed by atoms with E-state index in [1.165, 1.54) is 0 Å². The normalized spacial score (nSPS) is 15.2. The van der Waals surface area contributed by atoms with Crippen LogP contribution in [0.15, 0.2) is 0 Å². The summed E-state index contributed by atoms with van der Waals surface area (Å²) >= 11 is 0. The van der Waals surface area contributed by atoms with E-state index in [4.69, 9.17) is 0 Å². The zero-order valence-electron chi connectivity index (χ0n) is 7.86. The minimum Gasteiger partial charge on any atom is -0.290 e. The third-order valence-electron chi connectivity index (χ3n) is 2.62. The molecular formula is C8H17F3N+. The highest BCUT2D eigenvalue weighted by atomic mass is 19.3. The van der Waals surface area contributed by atoms with Crippen LogP contribution in [0.3, 0.4) is 0 Å². The lowest BCUT2D eigenvalue weighted by atomic mass is 10.3. The largest absolute Gasteiger partial charge is 0.319 e. The highest BCUT2D eigenvalue weighted by molar-refractivity contribution is 4.48. The van der Waals surface area contributed by atoms with Crippen LogP contribution in [0.2, 0.25) is 0 Å². The molecule has 0 spiro atoms. The van der Waals surface area contributed by atoms with Crippen molar-refractivity contribution in [2.75, 3.05) is 19.6 Å². The molecule has 0 aromatic carbocycles. The predicted octanol–water partition coefficient (Wildman–Crippen LogP) is 2.42. The Balaban J connectivity index is 4.46. The Morgan fingerprint density at radius 1 is 0.917 bits per heavy atom. The first-order chi connectivity index (χ1) is 5.54. The van der Waals surface area contributed by atoms with Gasteiger partial charge in [-0.2, -0.15) is 4.39 Å². The molecular weight excluding hydrogens is 167 g/mol. The van der Waals surface area contributed by atoms with E-state index in [9.17, 15) is 13.2 Å². The van der Waals surface area contributed by atoms with Gasteiger partial charge in [0.1, 0.15) is 0 Å². The highest BCUT2D eigenvalue weighted by Crippen LogP contribution is 2.20. The SMILES string of the molecule is CC[N+](CC)(CC)C(F)C(F)F. The maximum atomic E-state index is 13.1. The first-order valence-corrected chi connectivity index (χ1v) is 4.32. The number of quaternary nitrogens is 1. The maximum absolute atomic E-state index is 13.1. The summed E-state index contributed by atoms with van der Waals surface area (Å²) < 4.78 is 37.1. The molecule has 12 heavy (non-hydrogen) atoms. The zero-order chi connectivity index (χ0) is 9.78. The van der Waals surface area contributed by atoms with E-state index < -0.39 is 12.7 Å². The summed E-state index contributed by atoms with van der Waals surface area (Å²) in [6.07, 6.45) is -4.91.